The third-order valence-electron chi connectivity index (χ3n) is 3.37. The van der Waals surface area contributed by atoms with Crippen LogP contribution in [0.5, 0.6) is 0 Å². The fraction of sp³-hybridized carbons (Fsp3) is 0.111. The Balaban J connectivity index is 1.73. The molecule has 0 saturated heterocycles. The second kappa shape index (κ2) is 7.48. The second-order valence-electron chi connectivity index (χ2n) is 5.36. The summed E-state index contributed by atoms with van der Waals surface area (Å²) in [7, 11) is 0. The Morgan fingerprint density at radius 2 is 1.92 bits per heavy atom. The lowest BCUT2D eigenvalue weighted by atomic mass is 10.2. The zero-order chi connectivity index (χ0) is 17.6. The number of nitrogens with zero attached hydrogens (tertiary/aromatic N) is 3. The first-order valence-corrected chi connectivity index (χ1v) is 7.65. The Morgan fingerprint density at radius 3 is 2.68 bits per heavy atom. The smallest absolute Gasteiger partial charge is 0.270 e. The van der Waals surface area contributed by atoms with Gasteiger partial charge in [-0.15, -0.1) is 0 Å². The summed E-state index contributed by atoms with van der Waals surface area (Å²) in [4.78, 5) is 24.6. The van der Waals surface area contributed by atoms with Crippen molar-refractivity contribution in [3.05, 3.63) is 77.8 Å². The molecule has 3 rings (SSSR count). The van der Waals surface area contributed by atoms with Gasteiger partial charge in [0.2, 0.25) is 0 Å². The van der Waals surface area contributed by atoms with Gasteiger partial charge in [0.15, 0.2) is 0 Å². The molecule has 0 radical (unpaired) electrons. The number of aromatic nitrogens is 3. The van der Waals surface area contributed by atoms with Gasteiger partial charge in [0, 0.05) is 30.7 Å². The van der Waals surface area contributed by atoms with Crippen LogP contribution >= 0.6 is 0 Å². The Hall–Kier alpha value is -3.35. The number of benzene rings is 1. The molecule has 6 nitrogen and oxygen atoms in total. The van der Waals surface area contributed by atoms with E-state index in [1.165, 1.54) is 18.2 Å². The first-order chi connectivity index (χ1) is 12.1. The number of amides is 1. The molecule has 2 heterocycles. The summed E-state index contributed by atoms with van der Waals surface area (Å²) in [5.74, 6) is 0.193. The number of pyridine rings is 1. The molecular weight excluding hydrogens is 321 g/mol. The maximum absolute atomic E-state index is 13.3. The Morgan fingerprint density at radius 1 is 1.12 bits per heavy atom. The van der Waals surface area contributed by atoms with Crippen molar-refractivity contribution in [2.45, 2.75) is 13.5 Å². The van der Waals surface area contributed by atoms with Crippen molar-refractivity contribution in [3.63, 3.8) is 0 Å². The number of nitrogens with one attached hydrogen (secondary N) is 2. The molecule has 0 unspecified atom stereocenters. The molecule has 0 aliphatic carbocycles. The Kier molecular flexibility index (Phi) is 4.94. The minimum atomic E-state index is -0.355. The van der Waals surface area contributed by atoms with Crippen molar-refractivity contribution in [2.75, 3.05) is 5.32 Å². The van der Waals surface area contributed by atoms with Gasteiger partial charge in [-0.2, -0.15) is 0 Å². The van der Waals surface area contributed by atoms with E-state index in [1.807, 2.05) is 12.1 Å². The zero-order valence-electron chi connectivity index (χ0n) is 13.5. The van der Waals surface area contributed by atoms with E-state index in [9.17, 15) is 9.18 Å². The van der Waals surface area contributed by atoms with E-state index >= 15 is 0 Å². The molecule has 3 aromatic rings. The Labute approximate surface area is 144 Å². The van der Waals surface area contributed by atoms with Crippen LogP contribution in [0.25, 0.3) is 0 Å². The summed E-state index contributed by atoms with van der Waals surface area (Å²) in [6.45, 7) is 2.06. The quantitative estimate of drug-likeness (QED) is 0.748. The number of aryl methyl sites for hydroxylation is 1. The summed E-state index contributed by atoms with van der Waals surface area (Å²) in [6.07, 6.45) is 3.33. The maximum Gasteiger partial charge on any atom is 0.270 e. The SMILES string of the molecule is Cc1nc(Nc2cccc(F)c2)cc(C(=O)NCc2ccncc2)n1. The zero-order valence-corrected chi connectivity index (χ0v) is 13.5. The second-order valence-corrected chi connectivity index (χ2v) is 5.36. The van der Waals surface area contributed by atoms with Crippen molar-refractivity contribution in [2.24, 2.45) is 0 Å². The van der Waals surface area contributed by atoms with E-state index in [0.29, 0.717) is 23.9 Å². The molecule has 1 amide bonds. The van der Waals surface area contributed by atoms with E-state index < -0.39 is 0 Å². The number of halogens is 1. The fourth-order valence-corrected chi connectivity index (χ4v) is 2.24. The molecule has 1 aromatic carbocycles. The van der Waals surface area contributed by atoms with Gasteiger partial charge in [-0.3, -0.25) is 9.78 Å². The third-order valence-corrected chi connectivity index (χ3v) is 3.37. The van der Waals surface area contributed by atoms with Crippen LogP contribution in [0.15, 0.2) is 54.9 Å². The highest BCUT2D eigenvalue weighted by atomic mass is 19.1. The highest BCUT2D eigenvalue weighted by Crippen LogP contribution is 2.16. The van der Waals surface area contributed by atoms with Crippen molar-refractivity contribution in [3.8, 4) is 0 Å². The topological polar surface area (TPSA) is 79.8 Å². The third kappa shape index (κ3) is 4.57. The molecule has 0 saturated carbocycles. The van der Waals surface area contributed by atoms with E-state index in [-0.39, 0.29) is 17.4 Å². The largest absolute Gasteiger partial charge is 0.347 e. The molecule has 0 aliphatic heterocycles. The van der Waals surface area contributed by atoms with Crippen molar-refractivity contribution >= 4 is 17.4 Å². The van der Waals surface area contributed by atoms with Crippen LogP contribution in [0.4, 0.5) is 15.9 Å². The van der Waals surface area contributed by atoms with Crippen molar-refractivity contribution < 1.29 is 9.18 Å². The van der Waals surface area contributed by atoms with E-state index in [2.05, 4.69) is 25.6 Å². The maximum atomic E-state index is 13.3. The Bertz CT molecular complexity index is 886. The van der Waals surface area contributed by atoms with Crippen molar-refractivity contribution in [1.82, 2.24) is 20.3 Å². The number of hydrogen-bond donors (Lipinski definition) is 2. The standard InChI is InChI=1S/C18H16FN5O/c1-12-22-16(18(25)21-11-13-5-7-20-8-6-13)10-17(23-12)24-15-4-2-3-14(19)9-15/h2-10H,11H2,1H3,(H,21,25)(H,22,23,24). The number of carbonyl (C=O) groups is 1. The van der Waals surface area contributed by atoms with Gasteiger partial charge in [-0.25, -0.2) is 14.4 Å². The summed E-state index contributed by atoms with van der Waals surface area (Å²) in [5, 5.41) is 5.77. The van der Waals surface area contributed by atoms with Gasteiger partial charge in [0.1, 0.15) is 23.2 Å². The molecule has 0 spiro atoms. The van der Waals surface area contributed by atoms with Crippen LogP contribution in [-0.2, 0) is 6.54 Å². The molecule has 0 aliphatic rings. The van der Waals surface area contributed by atoms with Gasteiger partial charge in [-0.05, 0) is 42.8 Å². The summed E-state index contributed by atoms with van der Waals surface area (Å²) < 4.78 is 13.3. The first-order valence-electron chi connectivity index (χ1n) is 7.65. The number of carbonyl (C=O) groups excluding carboxylic acids is 1. The van der Waals surface area contributed by atoms with Crippen LogP contribution in [-0.4, -0.2) is 20.9 Å². The van der Waals surface area contributed by atoms with Crippen LogP contribution in [0, 0.1) is 12.7 Å². The molecule has 7 heteroatoms. The molecule has 0 atom stereocenters. The monoisotopic (exact) mass is 337 g/mol. The number of hydrogen-bond acceptors (Lipinski definition) is 5. The first kappa shape index (κ1) is 16.5. The van der Waals surface area contributed by atoms with Crippen LogP contribution in [0.2, 0.25) is 0 Å². The lowest BCUT2D eigenvalue weighted by Crippen LogP contribution is -2.24. The van der Waals surface area contributed by atoms with E-state index in [4.69, 9.17) is 0 Å². The molecular formula is C18H16FN5O. The lowest BCUT2D eigenvalue weighted by Gasteiger charge is -2.09. The van der Waals surface area contributed by atoms with Gasteiger partial charge in [-0.1, -0.05) is 6.07 Å². The number of anilines is 2. The molecule has 126 valence electrons. The highest BCUT2D eigenvalue weighted by molar-refractivity contribution is 5.93. The summed E-state index contributed by atoms with van der Waals surface area (Å²) in [6, 6.07) is 11.2. The highest BCUT2D eigenvalue weighted by Gasteiger charge is 2.11. The lowest BCUT2D eigenvalue weighted by molar-refractivity contribution is 0.0945. The predicted molar refractivity (Wildman–Crippen MR) is 91.9 cm³/mol. The van der Waals surface area contributed by atoms with Crippen LogP contribution < -0.4 is 10.6 Å². The fourth-order valence-electron chi connectivity index (χ4n) is 2.24. The average Bonchev–Trinajstić information content (AvgIpc) is 2.60. The van der Waals surface area contributed by atoms with Crippen molar-refractivity contribution in [1.29, 1.82) is 0 Å². The average molecular weight is 337 g/mol. The molecule has 2 N–H and O–H groups in total. The van der Waals surface area contributed by atoms with Crippen LogP contribution in [0.1, 0.15) is 21.9 Å². The summed E-state index contributed by atoms with van der Waals surface area (Å²) in [5.41, 5.74) is 1.72. The van der Waals surface area contributed by atoms with Gasteiger partial charge >= 0.3 is 0 Å². The van der Waals surface area contributed by atoms with Gasteiger partial charge in [0.05, 0.1) is 0 Å². The summed E-state index contributed by atoms with van der Waals surface area (Å²) >= 11 is 0. The molecule has 0 bridgehead atoms. The number of rotatable bonds is 5. The molecule has 0 fully saturated rings. The van der Waals surface area contributed by atoms with E-state index in [1.54, 1.807) is 31.5 Å². The van der Waals surface area contributed by atoms with Gasteiger partial charge < -0.3 is 10.6 Å². The van der Waals surface area contributed by atoms with Crippen LogP contribution in [0.3, 0.4) is 0 Å². The minimum absolute atomic E-state index is 0.237. The van der Waals surface area contributed by atoms with E-state index in [0.717, 1.165) is 5.56 Å². The predicted octanol–water partition coefficient (Wildman–Crippen LogP) is 2.99. The van der Waals surface area contributed by atoms with Gasteiger partial charge in [0.25, 0.3) is 5.91 Å². The molecule has 25 heavy (non-hydrogen) atoms. The minimum Gasteiger partial charge on any atom is -0.347 e. The molecule has 2 aromatic heterocycles. The normalized spacial score (nSPS) is 10.3.